The molecule has 1 N–H and O–H groups in total. The normalized spacial score (nSPS) is 11.9. The van der Waals surface area contributed by atoms with Crippen molar-refractivity contribution >= 4 is 44.0 Å². The number of hydrogen-bond donors (Lipinski definition) is 1. The topological polar surface area (TPSA) is 17.0 Å². The molecule has 0 saturated heterocycles. The molecular weight excluding hydrogens is 436 g/mol. The first-order chi connectivity index (χ1) is 17.9. The second kappa shape index (κ2) is 7.34. The molecule has 8 rings (SSSR count). The van der Waals surface area contributed by atoms with Crippen molar-refractivity contribution in [1.82, 2.24) is 4.57 Å². The van der Waals surface area contributed by atoms with Crippen molar-refractivity contribution in [1.29, 1.82) is 0 Å². The Morgan fingerprint density at radius 1 is 0.417 bits per heavy atom. The Hall–Kier alpha value is -4.82. The van der Waals surface area contributed by atoms with Crippen LogP contribution in [-0.2, 0) is 0 Å². The van der Waals surface area contributed by atoms with Crippen molar-refractivity contribution in [2.75, 3.05) is 5.32 Å². The van der Waals surface area contributed by atoms with Gasteiger partial charge in [-0.25, -0.2) is 0 Å². The zero-order chi connectivity index (χ0) is 23.6. The maximum Gasteiger partial charge on any atom is 0.0568 e. The van der Waals surface area contributed by atoms with E-state index in [2.05, 4.69) is 131 Å². The summed E-state index contributed by atoms with van der Waals surface area (Å²) in [7, 11) is 0. The largest absolute Gasteiger partial charge is 0.355 e. The zero-order valence-electron chi connectivity index (χ0n) is 19.6. The van der Waals surface area contributed by atoms with Crippen LogP contribution in [0.1, 0.15) is 0 Å². The van der Waals surface area contributed by atoms with Gasteiger partial charge in [0.2, 0.25) is 0 Å². The third-order valence-corrected chi connectivity index (χ3v) is 7.46. The monoisotopic (exact) mass is 458 g/mol. The fourth-order valence-electron chi connectivity index (χ4n) is 6.01. The standard InChI is InChI=1S/C34H22N2/c1-3-11-23(12-4-1)35-24-20-29-27-16-8-7-15-26(27)28-17-9-10-22-18-19-30-34(32(22)28)33(29)31(21-24)36(30)25-13-5-2-6-14-25/h1-21,35H. The van der Waals surface area contributed by atoms with Crippen molar-refractivity contribution in [3.8, 4) is 27.9 Å². The zero-order valence-corrected chi connectivity index (χ0v) is 19.6. The van der Waals surface area contributed by atoms with Crippen LogP contribution in [0.25, 0.3) is 60.5 Å². The molecule has 2 heteroatoms. The van der Waals surface area contributed by atoms with Gasteiger partial charge in [-0.05, 0) is 75.5 Å². The summed E-state index contributed by atoms with van der Waals surface area (Å²) in [6.07, 6.45) is 0. The lowest BCUT2D eigenvalue weighted by Gasteiger charge is -2.15. The quantitative estimate of drug-likeness (QED) is 0.279. The third-order valence-electron chi connectivity index (χ3n) is 7.46. The second-order valence-electron chi connectivity index (χ2n) is 9.49. The molecule has 1 heterocycles. The number of hydrogen-bond acceptors (Lipinski definition) is 1. The van der Waals surface area contributed by atoms with E-state index in [1.165, 1.54) is 60.5 Å². The smallest absolute Gasteiger partial charge is 0.0568 e. The molecule has 0 spiro atoms. The van der Waals surface area contributed by atoms with Crippen LogP contribution < -0.4 is 5.32 Å². The molecule has 168 valence electrons. The summed E-state index contributed by atoms with van der Waals surface area (Å²) in [6, 6.07) is 45.9. The van der Waals surface area contributed by atoms with Gasteiger partial charge in [-0.3, -0.25) is 0 Å². The van der Waals surface area contributed by atoms with Gasteiger partial charge < -0.3 is 9.88 Å². The highest BCUT2D eigenvalue weighted by atomic mass is 15.0. The minimum absolute atomic E-state index is 1.08. The Balaban J connectivity index is 1.59. The number of rotatable bonds is 3. The first-order valence-electron chi connectivity index (χ1n) is 12.4. The molecule has 1 aliphatic carbocycles. The van der Waals surface area contributed by atoms with Crippen LogP contribution in [0.5, 0.6) is 0 Å². The van der Waals surface area contributed by atoms with Crippen molar-refractivity contribution in [3.63, 3.8) is 0 Å². The van der Waals surface area contributed by atoms with Crippen LogP contribution in [0, 0.1) is 0 Å². The van der Waals surface area contributed by atoms with Crippen LogP contribution in [0.3, 0.4) is 0 Å². The molecule has 6 aromatic carbocycles. The second-order valence-corrected chi connectivity index (χ2v) is 9.49. The van der Waals surface area contributed by atoms with Crippen LogP contribution in [-0.4, -0.2) is 4.57 Å². The summed E-state index contributed by atoms with van der Waals surface area (Å²) in [5.41, 5.74) is 10.9. The number of benzene rings is 6. The molecule has 1 aromatic heterocycles. The van der Waals surface area contributed by atoms with E-state index >= 15 is 0 Å². The molecule has 7 aromatic rings. The summed E-state index contributed by atoms with van der Waals surface area (Å²) in [6.45, 7) is 0. The first kappa shape index (κ1) is 19.5. The average molecular weight is 459 g/mol. The molecule has 2 nitrogen and oxygen atoms in total. The van der Waals surface area contributed by atoms with Crippen LogP contribution >= 0.6 is 0 Å². The minimum atomic E-state index is 1.08. The molecule has 0 atom stereocenters. The van der Waals surface area contributed by atoms with Gasteiger partial charge in [0.05, 0.1) is 11.0 Å². The summed E-state index contributed by atoms with van der Waals surface area (Å²) in [5, 5.41) is 8.94. The SMILES string of the molecule is c1ccc(Nc2cc3c4c5c6c(cccc6ccc5n(-c5ccccc5)c4c2)-c2ccccc2-3)cc1. The van der Waals surface area contributed by atoms with E-state index < -0.39 is 0 Å². The van der Waals surface area contributed by atoms with Crippen molar-refractivity contribution < 1.29 is 0 Å². The molecule has 1 aliphatic rings. The average Bonchev–Trinajstić information content (AvgIpc) is 3.21. The summed E-state index contributed by atoms with van der Waals surface area (Å²) >= 11 is 0. The van der Waals surface area contributed by atoms with Crippen LogP contribution in [0.15, 0.2) is 127 Å². The molecule has 36 heavy (non-hydrogen) atoms. The molecular formula is C34H22N2. The van der Waals surface area contributed by atoms with E-state index in [-0.39, 0.29) is 0 Å². The number of aromatic nitrogens is 1. The van der Waals surface area contributed by atoms with Gasteiger partial charge in [-0.1, -0.05) is 84.9 Å². The number of anilines is 2. The van der Waals surface area contributed by atoms with E-state index in [4.69, 9.17) is 0 Å². The summed E-state index contributed by atoms with van der Waals surface area (Å²) in [4.78, 5) is 0. The minimum Gasteiger partial charge on any atom is -0.355 e. The van der Waals surface area contributed by atoms with Gasteiger partial charge in [0, 0.05) is 27.8 Å². The fourth-order valence-corrected chi connectivity index (χ4v) is 6.01. The van der Waals surface area contributed by atoms with Crippen molar-refractivity contribution in [2.24, 2.45) is 0 Å². The van der Waals surface area contributed by atoms with Gasteiger partial charge >= 0.3 is 0 Å². The summed E-state index contributed by atoms with van der Waals surface area (Å²) in [5.74, 6) is 0. The Morgan fingerprint density at radius 3 is 1.92 bits per heavy atom. The lowest BCUT2D eigenvalue weighted by atomic mass is 9.93. The van der Waals surface area contributed by atoms with Gasteiger partial charge in [0.1, 0.15) is 0 Å². The van der Waals surface area contributed by atoms with E-state index in [9.17, 15) is 0 Å². The fraction of sp³-hybridized carbons (Fsp3) is 0. The molecule has 0 unspecified atom stereocenters. The van der Waals surface area contributed by atoms with Crippen LogP contribution in [0.4, 0.5) is 11.4 Å². The Labute approximate surface area is 209 Å². The molecule has 0 aliphatic heterocycles. The van der Waals surface area contributed by atoms with E-state index in [1.807, 2.05) is 6.07 Å². The lowest BCUT2D eigenvalue weighted by Crippen LogP contribution is -1.96. The van der Waals surface area contributed by atoms with Crippen molar-refractivity contribution in [2.45, 2.75) is 0 Å². The third kappa shape index (κ3) is 2.67. The molecule has 0 saturated carbocycles. The van der Waals surface area contributed by atoms with Crippen molar-refractivity contribution in [3.05, 3.63) is 127 Å². The number of para-hydroxylation sites is 2. The Kier molecular flexibility index (Phi) is 3.97. The number of nitrogens with zero attached hydrogens (tertiary/aromatic N) is 1. The van der Waals surface area contributed by atoms with Crippen LogP contribution in [0.2, 0.25) is 0 Å². The van der Waals surface area contributed by atoms with Gasteiger partial charge in [0.25, 0.3) is 0 Å². The van der Waals surface area contributed by atoms with Gasteiger partial charge in [-0.15, -0.1) is 0 Å². The molecule has 0 fully saturated rings. The lowest BCUT2D eigenvalue weighted by molar-refractivity contribution is 1.18. The van der Waals surface area contributed by atoms with E-state index in [1.54, 1.807) is 0 Å². The maximum atomic E-state index is 3.67. The molecule has 0 bridgehead atoms. The highest BCUT2D eigenvalue weighted by Crippen LogP contribution is 2.50. The number of nitrogens with one attached hydrogen (secondary N) is 1. The maximum absolute atomic E-state index is 3.67. The Bertz CT molecular complexity index is 1950. The molecule has 0 radical (unpaired) electrons. The Morgan fingerprint density at radius 2 is 1.11 bits per heavy atom. The van der Waals surface area contributed by atoms with E-state index in [0.29, 0.717) is 0 Å². The highest BCUT2D eigenvalue weighted by molar-refractivity contribution is 6.30. The van der Waals surface area contributed by atoms with Gasteiger partial charge in [0.15, 0.2) is 0 Å². The summed E-state index contributed by atoms with van der Waals surface area (Å²) < 4.78 is 2.43. The highest BCUT2D eigenvalue weighted by Gasteiger charge is 2.25. The van der Waals surface area contributed by atoms with E-state index in [0.717, 1.165) is 11.4 Å². The predicted octanol–water partition coefficient (Wildman–Crippen LogP) is 9.33. The first-order valence-corrected chi connectivity index (χ1v) is 12.4. The predicted molar refractivity (Wildman–Crippen MR) is 152 cm³/mol. The van der Waals surface area contributed by atoms with Gasteiger partial charge in [-0.2, -0.15) is 0 Å². The number of fused-ring (bicyclic) bond motifs is 3. The molecule has 0 amide bonds.